The molecule has 1 aromatic carbocycles. The fourth-order valence-electron chi connectivity index (χ4n) is 3.49. The average Bonchev–Trinajstić information content (AvgIpc) is 2.81. The maximum absolute atomic E-state index is 12.0. The summed E-state index contributed by atoms with van der Waals surface area (Å²) in [6.45, 7) is 10.2. The second kappa shape index (κ2) is 10.4. The second-order valence-corrected chi connectivity index (χ2v) is 7.01. The van der Waals surface area contributed by atoms with Gasteiger partial charge in [-0.1, -0.05) is 19.1 Å². The van der Waals surface area contributed by atoms with Gasteiger partial charge in [-0.2, -0.15) is 0 Å². The van der Waals surface area contributed by atoms with Crippen molar-refractivity contribution in [1.29, 1.82) is 0 Å². The van der Waals surface area contributed by atoms with Crippen LogP contribution >= 0.6 is 0 Å². The van der Waals surface area contributed by atoms with Crippen molar-refractivity contribution >= 4 is 11.6 Å². The van der Waals surface area contributed by atoms with Crippen LogP contribution in [0.3, 0.4) is 0 Å². The molecule has 0 radical (unpaired) electrons. The molecule has 1 fully saturated rings. The van der Waals surface area contributed by atoms with E-state index in [1.165, 1.54) is 5.56 Å². The number of carbonyl (C=O) groups excluding carboxylic acids is 1. The summed E-state index contributed by atoms with van der Waals surface area (Å²) in [4.78, 5) is 16.6. The van der Waals surface area contributed by atoms with Crippen LogP contribution in [0, 0.1) is 0 Å². The number of hydrogen-bond acceptors (Lipinski definition) is 4. The maximum atomic E-state index is 12.0. The molecular formula is C20H34N4O. The third-order valence-corrected chi connectivity index (χ3v) is 5.09. The van der Waals surface area contributed by atoms with Crippen molar-refractivity contribution in [2.24, 2.45) is 0 Å². The first-order chi connectivity index (χ1) is 12.1. The van der Waals surface area contributed by atoms with Gasteiger partial charge in [-0.3, -0.25) is 4.79 Å². The number of rotatable bonds is 9. The van der Waals surface area contributed by atoms with Crippen molar-refractivity contribution in [3.8, 4) is 0 Å². The minimum Gasteiger partial charge on any atom is -0.399 e. The molecule has 1 aromatic rings. The molecule has 1 unspecified atom stereocenters. The van der Waals surface area contributed by atoms with E-state index < -0.39 is 0 Å². The number of anilines is 1. The Morgan fingerprint density at radius 2 is 2.00 bits per heavy atom. The zero-order valence-electron chi connectivity index (χ0n) is 15.8. The monoisotopic (exact) mass is 346 g/mol. The van der Waals surface area contributed by atoms with Crippen molar-refractivity contribution in [3.63, 3.8) is 0 Å². The third kappa shape index (κ3) is 6.67. The van der Waals surface area contributed by atoms with Crippen LogP contribution in [0.25, 0.3) is 0 Å². The smallest absolute Gasteiger partial charge is 0.223 e. The van der Waals surface area contributed by atoms with E-state index in [4.69, 9.17) is 5.73 Å². The summed E-state index contributed by atoms with van der Waals surface area (Å²) in [5.74, 6) is 0.300. The van der Waals surface area contributed by atoms with Gasteiger partial charge in [0.15, 0.2) is 0 Å². The molecule has 1 aliphatic rings. The minimum absolute atomic E-state index is 0.300. The largest absolute Gasteiger partial charge is 0.399 e. The number of likely N-dealkylation sites (N-methyl/N-ethyl adjacent to an activating group) is 1. The first-order valence-corrected chi connectivity index (χ1v) is 9.67. The number of unbranched alkanes of at least 4 members (excludes halogenated alkanes) is 1. The topological polar surface area (TPSA) is 61.6 Å². The molecule has 0 aromatic heterocycles. The van der Waals surface area contributed by atoms with Crippen LogP contribution in [0.4, 0.5) is 5.69 Å². The summed E-state index contributed by atoms with van der Waals surface area (Å²) in [5, 5.41) is 3.29. The third-order valence-electron chi connectivity index (χ3n) is 5.09. The van der Waals surface area contributed by atoms with Crippen LogP contribution < -0.4 is 11.1 Å². The molecule has 5 nitrogen and oxygen atoms in total. The van der Waals surface area contributed by atoms with E-state index in [0.29, 0.717) is 18.4 Å². The molecule has 0 spiro atoms. The summed E-state index contributed by atoms with van der Waals surface area (Å²) < 4.78 is 0. The van der Waals surface area contributed by atoms with Crippen LogP contribution in [0.15, 0.2) is 24.3 Å². The Labute approximate surface area is 152 Å². The van der Waals surface area contributed by atoms with E-state index in [1.54, 1.807) is 0 Å². The predicted molar refractivity (Wildman–Crippen MR) is 105 cm³/mol. The lowest BCUT2D eigenvalue weighted by molar-refractivity contribution is -0.130. The van der Waals surface area contributed by atoms with E-state index in [0.717, 1.165) is 64.2 Å². The van der Waals surface area contributed by atoms with Crippen molar-refractivity contribution in [3.05, 3.63) is 29.8 Å². The second-order valence-electron chi connectivity index (χ2n) is 7.01. The molecular weight excluding hydrogens is 312 g/mol. The lowest BCUT2D eigenvalue weighted by Crippen LogP contribution is -2.36. The molecule has 5 heteroatoms. The zero-order valence-corrected chi connectivity index (χ0v) is 15.8. The number of amides is 1. The quantitative estimate of drug-likeness (QED) is 0.531. The lowest BCUT2D eigenvalue weighted by atomic mass is 10.1. The first-order valence-electron chi connectivity index (χ1n) is 9.67. The highest BCUT2D eigenvalue weighted by Crippen LogP contribution is 2.12. The van der Waals surface area contributed by atoms with Gasteiger partial charge in [0.2, 0.25) is 5.91 Å². The maximum Gasteiger partial charge on any atom is 0.223 e. The molecule has 1 aliphatic heterocycles. The summed E-state index contributed by atoms with van der Waals surface area (Å²) in [7, 11) is 0. The fraction of sp³-hybridized carbons (Fsp3) is 0.650. The molecule has 3 N–H and O–H groups in total. The summed E-state index contributed by atoms with van der Waals surface area (Å²) in [5.41, 5.74) is 7.92. The van der Waals surface area contributed by atoms with Crippen molar-refractivity contribution in [2.45, 2.75) is 45.6 Å². The summed E-state index contributed by atoms with van der Waals surface area (Å²) >= 11 is 0. The fourth-order valence-corrected chi connectivity index (χ4v) is 3.49. The van der Waals surface area contributed by atoms with Crippen LogP contribution in [0.5, 0.6) is 0 Å². The van der Waals surface area contributed by atoms with Crippen LogP contribution in [-0.2, 0) is 11.2 Å². The molecule has 1 atom stereocenters. The van der Waals surface area contributed by atoms with Gasteiger partial charge in [-0.05, 0) is 57.0 Å². The molecule has 140 valence electrons. The normalized spacial score (nSPS) is 16.9. The number of benzene rings is 1. The Bertz CT molecular complexity index is 517. The lowest BCUT2D eigenvalue weighted by Gasteiger charge is -2.28. The number of nitrogens with two attached hydrogens (primary N) is 1. The first kappa shape index (κ1) is 19.7. The molecule has 1 saturated heterocycles. The van der Waals surface area contributed by atoms with Gasteiger partial charge >= 0.3 is 0 Å². The number of carbonyl (C=O) groups is 1. The van der Waals surface area contributed by atoms with Gasteiger partial charge in [-0.15, -0.1) is 0 Å². The van der Waals surface area contributed by atoms with Crippen LogP contribution in [-0.4, -0.2) is 61.0 Å². The molecule has 1 heterocycles. The van der Waals surface area contributed by atoms with Crippen molar-refractivity contribution in [1.82, 2.24) is 15.1 Å². The van der Waals surface area contributed by atoms with E-state index in [2.05, 4.69) is 36.2 Å². The number of hydrogen-bond donors (Lipinski definition) is 2. The van der Waals surface area contributed by atoms with Gasteiger partial charge in [0.05, 0.1) is 0 Å². The van der Waals surface area contributed by atoms with Gasteiger partial charge in [0, 0.05) is 44.3 Å². The Balaban J connectivity index is 1.71. The summed E-state index contributed by atoms with van der Waals surface area (Å²) in [6.07, 6.45) is 3.90. The van der Waals surface area contributed by atoms with Crippen molar-refractivity contribution < 1.29 is 4.79 Å². The Kier molecular flexibility index (Phi) is 8.22. The van der Waals surface area contributed by atoms with Crippen LogP contribution in [0.2, 0.25) is 0 Å². The number of nitrogens with one attached hydrogen (secondary N) is 1. The van der Waals surface area contributed by atoms with E-state index >= 15 is 0 Å². The number of nitrogens with zero attached hydrogens (tertiary/aromatic N) is 2. The predicted octanol–water partition coefficient (Wildman–Crippen LogP) is 2.12. The minimum atomic E-state index is 0.300. The van der Waals surface area contributed by atoms with Gasteiger partial charge in [0.1, 0.15) is 0 Å². The van der Waals surface area contributed by atoms with E-state index in [9.17, 15) is 4.79 Å². The van der Waals surface area contributed by atoms with E-state index in [-0.39, 0.29) is 0 Å². The van der Waals surface area contributed by atoms with Gasteiger partial charge in [0.25, 0.3) is 0 Å². The Hall–Kier alpha value is -1.59. The Morgan fingerprint density at radius 1 is 1.24 bits per heavy atom. The molecule has 2 rings (SSSR count). The van der Waals surface area contributed by atoms with Crippen LogP contribution in [0.1, 0.15) is 38.7 Å². The average molecular weight is 347 g/mol. The summed E-state index contributed by atoms with van der Waals surface area (Å²) in [6, 6.07) is 8.71. The molecule has 25 heavy (non-hydrogen) atoms. The van der Waals surface area contributed by atoms with Gasteiger partial charge < -0.3 is 20.9 Å². The molecule has 1 amide bonds. The highest BCUT2D eigenvalue weighted by molar-refractivity contribution is 5.76. The standard InChI is InChI=1S/C20H34N4O/c1-3-23(17(2)16-18-6-8-19(21)9-7-18)13-4-5-14-24-15-12-22-11-10-20(24)25/h6-9,17,22H,3-5,10-16,21H2,1-2H3. The van der Waals surface area contributed by atoms with Gasteiger partial charge in [-0.25, -0.2) is 0 Å². The van der Waals surface area contributed by atoms with E-state index in [1.807, 2.05) is 17.0 Å². The highest BCUT2D eigenvalue weighted by atomic mass is 16.2. The Morgan fingerprint density at radius 3 is 2.72 bits per heavy atom. The van der Waals surface area contributed by atoms with Crippen molar-refractivity contribution in [2.75, 3.05) is 45.0 Å². The molecule has 0 saturated carbocycles. The highest BCUT2D eigenvalue weighted by Gasteiger charge is 2.16. The zero-order chi connectivity index (χ0) is 18.1. The molecule has 0 aliphatic carbocycles. The molecule has 0 bridgehead atoms. The SMILES string of the molecule is CCN(CCCCN1CCNCCC1=O)C(C)Cc1ccc(N)cc1. The number of nitrogen functional groups attached to an aromatic ring is 1.